The molecule has 120 valence electrons. The second kappa shape index (κ2) is 7.47. The van der Waals surface area contributed by atoms with Crippen LogP contribution in [0.4, 0.5) is 5.69 Å². The lowest BCUT2D eigenvalue weighted by atomic mass is 10.0. The maximum Gasteiger partial charge on any atom is 0.255 e. The molecule has 0 bridgehead atoms. The number of carbonyl (C=O) groups is 1. The number of hydrogen-bond donors (Lipinski definition) is 1. The lowest BCUT2D eigenvalue weighted by Gasteiger charge is -2.11. The van der Waals surface area contributed by atoms with Crippen molar-refractivity contribution in [3.8, 4) is 16.9 Å². The summed E-state index contributed by atoms with van der Waals surface area (Å²) >= 11 is 0. The summed E-state index contributed by atoms with van der Waals surface area (Å²) in [5.41, 5.74) is 3.46. The highest BCUT2D eigenvalue weighted by Gasteiger charge is 2.10. The van der Waals surface area contributed by atoms with Gasteiger partial charge in [0.25, 0.3) is 5.91 Å². The molecule has 0 aromatic heterocycles. The van der Waals surface area contributed by atoms with E-state index in [4.69, 9.17) is 4.74 Å². The van der Waals surface area contributed by atoms with Crippen molar-refractivity contribution in [2.24, 2.45) is 0 Å². The summed E-state index contributed by atoms with van der Waals surface area (Å²) in [5, 5.41) is 3.00. The molecule has 3 aromatic rings. The van der Waals surface area contributed by atoms with Crippen molar-refractivity contribution < 1.29 is 9.53 Å². The molecular weight excluding hydrogens is 298 g/mol. The first-order valence-electron chi connectivity index (χ1n) is 7.96. The van der Waals surface area contributed by atoms with Crippen LogP contribution in [0.15, 0.2) is 78.9 Å². The van der Waals surface area contributed by atoms with Crippen LogP contribution in [-0.4, -0.2) is 12.5 Å². The molecule has 0 atom stereocenters. The van der Waals surface area contributed by atoms with Crippen molar-refractivity contribution in [3.05, 3.63) is 84.4 Å². The number of rotatable bonds is 5. The van der Waals surface area contributed by atoms with Crippen molar-refractivity contribution in [1.82, 2.24) is 0 Å². The smallest absolute Gasteiger partial charge is 0.255 e. The van der Waals surface area contributed by atoms with Crippen LogP contribution in [-0.2, 0) is 0 Å². The Morgan fingerprint density at radius 2 is 1.54 bits per heavy atom. The predicted octanol–water partition coefficient (Wildman–Crippen LogP) is 5.00. The van der Waals surface area contributed by atoms with Gasteiger partial charge in [-0.15, -0.1) is 0 Å². The Hall–Kier alpha value is -3.07. The Kier molecular flexibility index (Phi) is 4.92. The number of ether oxygens (including phenoxy) is 1. The Morgan fingerprint density at radius 3 is 2.25 bits per heavy atom. The van der Waals surface area contributed by atoms with Gasteiger partial charge < -0.3 is 10.1 Å². The van der Waals surface area contributed by atoms with E-state index in [0.29, 0.717) is 12.2 Å². The average Bonchev–Trinajstić information content (AvgIpc) is 2.64. The van der Waals surface area contributed by atoms with Crippen molar-refractivity contribution in [2.75, 3.05) is 11.9 Å². The molecule has 0 spiro atoms. The molecule has 0 fully saturated rings. The van der Waals surface area contributed by atoms with Crippen molar-refractivity contribution >= 4 is 11.6 Å². The summed E-state index contributed by atoms with van der Waals surface area (Å²) < 4.78 is 5.40. The largest absolute Gasteiger partial charge is 0.494 e. The Labute approximate surface area is 141 Å². The van der Waals surface area contributed by atoms with E-state index in [1.54, 1.807) is 12.1 Å². The molecule has 1 amide bonds. The van der Waals surface area contributed by atoms with Gasteiger partial charge in [-0.2, -0.15) is 0 Å². The zero-order valence-corrected chi connectivity index (χ0v) is 13.5. The van der Waals surface area contributed by atoms with E-state index in [-0.39, 0.29) is 5.91 Å². The standard InChI is InChI=1S/C21H19NO2/c1-2-24-18-14-12-17(13-15-18)21(23)22-20-11-7-6-10-19(20)16-8-4-3-5-9-16/h3-15H,2H2,1H3,(H,22,23). The van der Waals surface area contributed by atoms with Crippen LogP contribution in [0.1, 0.15) is 17.3 Å². The highest BCUT2D eigenvalue weighted by atomic mass is 16.5. The van der Waals surface area contributed by atoms with Gasteiger partial charge in [0.2, 0.25) is 0 Å². The molecule has 0 radical (unpaired) electrons. The monoisotopic (exact) mass is 317 g/mol. The molecule has 3 heteroatoms. The SMILES string of the molecule is CCOc1ccc(C(=O)Nc2ccccc2-c2ccccc2)cc1. The molecular formula is C21H19NO2. The molecule has 24 heavy (non-hydrogen) atoms. The molecule has 1 N–H and O–H groups in total. The van der Waals surface area contributed by atoms with Gasteiger partial charge in [-0.1, -0.05) is 48.5 Å². The summed E-state index contributed by atoms with van der Waals surface area (Å²) in [5.74, 6) is 0.625. The van der Waals surface area contributed by atoms with E-state index in [0.717, 1.165) is 22.6 Å². The second-order valence-corrected chi connectivity index (χ2v) is 5.32. The fourth-order valence-corrected chi connectivity index (χ4v) is 2.53. The first-order chi connectivity index (χ1) is 11.8. The first kappa shape index (κ1) is 15.8. The quantitative estimate of drug-likeness (QED) is 0.719. The maximum absolute atomic E-state index is 12.5. The van der Waals surface area contributed by atoms with Gasteiger partial charge in [0, 0.05) is 16.8 Å². The summed E-state index contributed by atoms with van der Waals surface area (Å²) in [4.78, 5) is 12.5. The Balaban J connectivity index is 1.82. The van der Waals surface area contributed by atoms with Gasteiger partial charge in [-0.3, -0.25) is 4.79 Å². The van der Waals surface area contributed by atoms with Crippen LogP contribution in [0.3, 0.4) is 0 Å². The van der Waals surface area contributed by atoms with Crippen LogP contribution in [0.2, 0.25) is 0 Å². The molecule has 0 saturated heterocycles. The van der Waals surface area contributed by atoms with Crippen LogP contribution in [0.25, 0.3) is 11.1 Å². The molecule has 3 aromatic carbocycles. The third-order valence-corrected chi connectivity index (χ3v) is 3.69. The number of nitrogens with one attached hydrogen (secondary N) is 1. The summed E-state index contributed by atoms with van der Waals surface area (Å²) in [6.07, 6.45) is 0. The van der Waals surface area contributed by atoms with Crippen molar-refractivity contribution in [2.45, 2.75) is 6.92 Å². The second-order valence-electron chi connectivity index (χ2n) is 5.32. The van der Waals surface area contributed by atoms with Crippen LogP contribution >= 0.6 is 0 Å². The first-order valence-corrected chi connectivity index (χ1v) is 7.96. The van der Waals surface area contributed by atoms with Gasteiger partial charge in [-0.05, 0) is 42.8 Å². The molecule has 0 aliphatic rings. The Bertz CT molecular complexity index is 811. The third kappa shape index (κ3) is 3.63. The Morgan fingerprint density at radius 1 is 0.875 bits per heavy atom. The zero-order valence-electron chi connectivity index (χ0n) is 13.5. The van der Waals surface area contributed by atoms with E-state index in [9.17, 15) is 4.79 Å². The normalized spacial score (nSPS) is 10.2. The fourth-order valence-electron chi connectivity index (χ4n) is 2.53. The molecule has 0 saturated carbocycles. The summed E-state index contributed by atoms with van der Waals surface area (Å²) in [6.45, 7) is 2.54. The summed E-state index contributed by atoms with van der Waals surface area (Å²) in [6, 6.07) is 25.0. The third-order valence-electron chi connectivity index (χ3n) is 3.69. The van der Waals surface area contributed by atoms with Crippen molar-refractivity contribution in [3.63, 3.8) is 0 Å². The number of benzene rings is 3. The van der Waals surface area contributed by atoms with Gasteiger partial charge in [0.15, 0.2) is 0 Å². The average molecular weight is 317 g/mol. The van der Waals surface area contributed by atoms with Crippen LogP contribution in [0.5, 0.6) is 5.75 Å². The van der Waals surface area contributed by atoms with E-state index < -0.39 is 0 Å². The number of carbonyl (C=O) groups excluding carboxylic acids is 1. The van der Waals surface area contributed by atoms with Gasteiger partial charge >= 0.3 is 0 Å². The minimum Gasteiger partial charge on any atom is -0.494 e. The molecule has 0 unspecified atom stereocenters. The summed E-state index contributed by atoms with van der Waals surface area (Å²) in [7, 11) is 0. The number of amides is 1. The van der Waals surface area contributed by atoms with E-state index in [1.165, 1.54) is 0 Å². The van der Waals surface area contributed by atoms with Crippen LogP contribution < -0.4 is 10.1 Å². The minimum absolute atomic E-state index is 0.138. The lowest BCUT2D eigenvalue weighted by molar-refractivity contribution is 0.102. The van der Waals surface area contributed by atoms with Crippen LogP contribution in [0, 0.1) is 0 Å². The number of para-hydroxylation sites is 1. The van der Waals surface area contributed by atoms with E-state index in [1.807, 2.05) is 73.7 Å². The van der Waals surface area contributed by atoms with Gasteiger partial charge in [0.05, 0.1) is 6.61 Å². The molecule has 0 heterocycles. The topological polar surface area (TPSA) is 38.3 Å². The maximum atomic E-state index is 12.5. The zero-order chi connectivity index (χ0) is 16.8. The van der Waals surface area contributed by atoms with E-state index in [2.05, 4.69) is 5.32 Å². The fraction of sp³-hybridized carbons (Fsp3) is 0.0952. The highest BCUT2D eigenvalue weighted by molar-refractivity contribution is 6.06. The molecule has 0 aliphatic carbocycles. The lowest BCUT2D eigenvalue weighted by Crippen LogP contribution is -2.12. The van der Waals surface area contributed by atoms with Gasteiger partial charge in [-0.25, -0.2) is 0 Å². The van der Waals surface area contributed by atoms with E-state index >= 15 is 0 Å². The predicted molar refractivity (Wildman–Crippen MR) is 97.4 cm³/mol. The highest BCUT2D eigenvalue weighted by Crippen LogP contribution is 2.28. The number of anilines is 1. The van der Waals surface area contributed by atoms with Gasteiger partial charge in [0.1, 0.15) is 5.75 Å². The molecule has 3 nitrogen and oxygen atoms in total. The molecule has 0 aliphatic heterocycles. The molecule has 3 rings (SSSR count). The minimum atomic E-state index is -0.138. The number of hydrogen-bond acceptors (Lipinski definition) is 2. The van der Waals surface area contributed by atoms with Crippen molar-refractivity contribution in [1.29, 1.82) is 0 Å².